The average molecular weight is 539 g/mol. The van der Waals surface area contributed by atoms with Crippen LogP contribution in [-0.2, 0) is 13.0 Å². The molecule has 0 saturated heterocycles. The molecule has 176 valence electrons. The zero-order chi connectivity index (χ0) is 24.6. The fraction of sp³-hybridized carbons (Fsp3) is 0.0714. The number of hydrogen-bond donors (Lipinski definition) is 1. The SMILES string of the molecule is O=c1c(Cc2cccnc2)cn2c3cc(Br)ccc3/c(=N\O)c3cc(OCc4cccnc4)cc1c32. The van der Waals surface area contributed by atoms with Crippen molar-refractivity contribution in [2.24, 2.45) is 5.16 Å². The highest BCUT2D eigenvalue weighted by Crippen LogP contribution is 2.29. The van der Waals surface area contributed by atoms with E-state index in [1.807, 2.05) is 59.1 Å². The number of benzene rings is 2. The second kappa shape index (κ2) is 9.05. The molecule has 7 nitrogen and oxygen atoms in total. The van der Waals surface area contributed by atoms with E-state index >= 15 is 0 Å². The van der Waals surface area contributed by atoms with Crippen molar-refractivity contribution in [3.8, 4) is 5.75 Å². The van der Waals surface area contributed by atoms with E-state index in [4.69, 9.17) is 4.74 Å². The van der Waals surface area contributed by atoms with E-state index < -0.39 is 0 Å². The van der Waals surface area contributed by atoms with Crippen LogP contribution in [0.5, 0.6) is 5.75 Å². The molecule has 0 aliphatic carbocycles. The topological polar surface area (TPSA) is 89.1 Å². The predicted molar refractivity (Wildman–Crippen MR) is 141 cm³/mol. The van der Waals surface area contributed by atoms with E-state index in [2.05, 4.69) is 31.1 Å². The van der Waals surface area contributed by atoms with Gasteiger partial charge in [0.25, 0.3) is 0 Å². The summed E-state index contributed by atoms with van der Waals surface area (Å²) in [7, 11) is 0. The molecule has 6 aromatic rings. The summed E-state index contributed by atoms with van der Waals surface area (Å²) in [6.07, 6.45) is 9.22. The highest BCUT2D eigenvalue weighted by atomic mass is 79.9. The molecule has 2 aromatic carbocycles. The Hall–Kier alpha value is -4.30. The summed E-state index contributed by atoms with van der Waals surface area (Å²) in [5.41, 5.74) is 3.84. The highest BCUT2D eigenvalue weighted by molar-refractivity contribution is 9.10. The molecule has 0 aliphatic heterocycles. The molecule has 0 atom stereocenters. The van der Waals surface area contributed by atoms with E-state index in [1.165, 1.54) is 0 Å². The molecule has 0 saturated carbocycles. The zero-order valence-corrected chi connectivity index (χ0v) is 20.5. The Bertz CT molecular complexity index is 1860. The van der Waals surface area contributed by atoms with Crippen molar-refractivity contribution in [1.29, 1.82) is 0 Å². The van der Waals surface area contributed by atoms with Gasteiger partial charge in [-0.3, -0.25) is 14.8 Å². The van der Waals surface area contributed by atoms with Crippen LogP contribution >= 0.6 is 15.9 Å². The minimum Gasteiger partial charge on any atom is -0.489 e. The molecule has 8 heteroatoms. The van der Waals surface area contributed by atoms with Gasteiger partial charge in [0.05, 0.1) is 16.4 Å². The van der Waals surface area contributed by atoms with E-state index in [0.29, 0.717) is 39.4 Å². The molecule has 6 rings (SSSR count). The quantitative estimate of drug-likeness (QED) is 0.143. The van der Waals surface area contributed by atoms with Gasteiger partial charge in [-0.1, -0.05) is 33.2 Å². The van der Waals surface area contributed by atoms with Gasteiger partial charge in [0.15, 0.2) is 5.43 Å². The minimum absolute atomic E-state index is 0.103. The third-order valence-electron chi connectivity index (χ3n) is 6.22. The van der Waals surface area contributed by atoms with Crippen LogP contribution in [0.4, 0.5) is 0 Å². The molecule has 4 heterocycles. The molecule has 0 amide bonds. The minimum atomic E-state index is -0.103. The lowest BCUT2D eigenvalue weighted by Crippen LogP contribution is -2.17. The number of rotatable bonds is 5. The Morgan fingerprint density at radius 2 is 1.69 bits per heavy atom. The van der Waals surface area contributed by atoms with Crippen LogP contribution in [0.15, 0.2) is 100 Å². The first-order valence-corrected chi connectivity index (χ1v) is 12.1. The van der Waals surface area contributed by atoms with Crippen molar-refractivity contribution in [2.45, 2.75) is 13.0 Å². The van der Waals surface area contributed by atoms with Crippen molar-refractivity contribution in [3.05, 3.63) is 122 Å². The first-order valence-electron chi connectivity index (χ1n) is 11.3. The number of fused-ring (bicyclic) bond motifs is 2. The fourth-order valence-corrected chi connectivity index (χ4v) is 4.95. The maximum absolute atomic E-state index is 13.8. The summed E-state index contributed by atoms with van der Waals surface area (Å²) in [6.45, 7) is 0.289. The van der Waals surface area contributed by atoms with Gasteiger partial charge in [-0.05, 0) is 48.0 Å². The van der Waals surface area contributed by atoms with Gasteiger partial charge in [-0.25, -0.2) is 0 Å². The second-order valence-corrected chi connectivity index (χ2v) is 9.43. The number of nitrogens with zero attached hydrogens (tertiary/aromatic N) is 4. The summed E-state index contributed by atoms with van der Waals surface area (Å²) in [5.74, 6) is 0.505. The van der Waals surface area contributed by atoms with Crippen molar-refractivity contribution >= 4 is 43.1 Å². The fourth-order valence-electron chi connectivity index (χ4n) is 4.60. The first kappa shape index (κ1) is 22.2. The van der Waals surface area contributed by atoms with Crippen LogP contribution in [0.3, 0.4) is 0 Å². The van der Waals surface area contributed by atoms with Crippen LogP contribution in [0.1, 0.15) is 16.7 Å². The molecule has 0 bridgehead atoms. The van der Waals surface area contributed by atoms with Crippen molar-refractivity contribution in [3.63, 3.8) is 0 Å². The van der Waals surface area contributed by atoms with Crippen LogP contribution < -0.4 is 15.5 Å². The van der Waals surface area contributed by atoms with Gasteiger partial charge in [-0.15, -0.1) is 0 Å². The number of hydrogen-bond acceptors (Lipinski definition) is 6. The molecule has 36 heavy (non-hydrogen) atoms. The third kappa shape index (κ3) is 3.85. The summed E-state index contributed by atoms with van der Waals surface area (Å²) < 4.78 is 8.95. The Morgan fingerprint density at radius 1 is 0.944 bits per heavy atom. The number of pyridine rings is 4. The smallest absolute Gasteiger partial charge is 0.193 e. The van der Waals surface area contributed by atoms with E-state index in [9.17, 15) is 10.0 Å². The molecule has 0 unspecified atom stereocenters. The lowest BCUT2D eigenvalue weighted by molar-refractivity contribution is 0.303. The second-order valence-electron chi connectivity index (χ2n) is 8.52. The van der Waals surface area contributed by atoms with E-state index in [1.54, 1.807) is 30.9 Å². The molecular weight excluding hydrogens is 520 g/mol. The Balaban J connectivity index is 1.65. The van der Waals surface area contributed by atoms with Crippen molar-refractivity contribution < 1.29 is 9.94 Å². The Kier molecular flexibility index (Phi) is 5.58. The predicted octanol–water partition coefficient (Wildman–Crippen LogP) is 5.06. The highest BCUT2D eigenvalue weighted by Gasteiger charge is 2.18. The van der Waals surface area contributed by atoms with Gasteiger partial charge in [0.2, 0.25) is 0 Å². The molecule has 0 aliphatic rings. The van der Waals surface area contributed by atoms with E-state index in [0.717, 1.165) is 26.5 Å². The first-order chi connectivity index (χ1) is 17.6. The van der Waals surface area contributed by atoms with Gasteiger partial charge in [0, 0.05) is 63.8 Å². The van der Waals surface area contributed by atoms with Gasteiger partial charge < -0.3 is 14.3 Å². The van der Waals surface area contributed by atoms with Gasteiger partial charge in [-0.2, -0.15) is 0 Å². The van der Waals surface area contributed by atoms with E-state index in [-0.39, 0.29) is 12.0 Å². The van der Waals surface area contributed by atoms with Crippen LogP contribution in [0.25, 0.3) is 27.2 Å². The lowest BCUT2D eigenvalue weighted by Gasteiger charge is -2.16. The zero-order valence-electron chi connectivity index (χ0n) is 18.9. The van der Waals surface area contributed by atoms with Crippen LogP contribution in [0.2, 0.25) is 0 Å². The largest absolute Gasteiger partial charge is 0.489 e. The number of ether oxygens (including phenoxy) is 1. The number of aromatic nitrogens is 3. The molecule has 0 fully saturated rings. The normalized spacial score (nSPS) is 12.1. The van der Waals surface area contributed by atoms with Crippen LogP contribution in [0, 0.1) is 0 Å². The lowest BCUT2D eigenvalue weighted by atomic mass is 10.0. The number of halogens is 1. The summed E-state index contributed by atoms with van der Waals surface area (Å²) in [5, 5.41) is 15.9. The average Bonchev–Trinajstić information content (AvgIpc) is 2.91. The van der Waals surface area contributed by atoms with Gasteiger partial charge in [0.1, 0.15) is 17.7 Å². The Morgan fingerprint density at radius 3 is 2.42 bits per heavy atom. The third-order valence-corrected chi connectivity index (χ3v) is 6.71. The monoisotopic (exact) mass is 538 g/mol. The molecule has 1 N–H and O–H groups in total. The summed E-state index contributed by atoms with van der Waals surface area (Å²) in [6, 6.07) is 16.9. The maximum atomic E-state index is 13.8. The molecule has 4 aromatic heterocycles. The standard InChI is InChI=1S/C28H19BrN4O3/c29-20-5-6-22-25(10-20)33-15-19(9-17-3-1-7-30-13-17)28(34)24-12-21(11-23(27(24)33)26(22)32-35)36-16-18-4-2-8-31-14-18/h1-8,10-15,35H,9,16H2/b32-26+. The summed E-state index contributed by atoms with van der Waals surface area (Å²) in [4.78, 5) is 22.1. The maximum Gasteiger partial charge on any atom is 0.193 e. The van der Waals surface area contributed by atoms with Crippen molar-refractivity contribution in [1.82, 2.24) is 14.4 Å². The Labute approximate surface area is 213 Å². The van der Waals surface area contributed by atoms with Gasteiger partial charge >= 0.3 is 0 Å². The van der Waals surface area contributed by atoms with Crippen LogP contribution in [-0.4, -0.2) is 19.6 Å². The molecular formula is C28H19BrN4O3. The summed E-state index contributed by atoms with van der Waals surface area (Å²) >= 11 is 3.55. The molecule has 0 radical (unpaired) electrons. The van der Waals surface area contributed by atoms with Crippen molar-refractivity contribution in [2.75, 3.05) is 0 Å². The molecule has 0 spiro atoms.